The summed E-state index contributed by atoms with van der Waals surface area (Å²) in [5.41, 5.74) is 2.18. The van der Waals surface area contributed by atoms with Gasteiger partial charge in [0.05, 0.1) is 30.8 Å². The van der Waals surface area contributed by atoms with Crippen molar-refractivity contribution in [3.8, 4) is 11.5 Å². The minimum absolute atomic E-state index is 0.0228. The maximum absolute atomic E-state index is 13.8. The molecule has 8 nitrogen and oxygen atoms in total. The molecule has 3 aromatic rings. The Morgan fingerprint density at radius 1 is 1.21 bits per heavy atom. The predicted octanol–water partition coefficient (Wildman–Crippen LogP) is 3.91. The van der Waals surface area contributed by atoms with E-state index in [2.05, 4.69) is 13.8 Å². The molecule has 0 aliphatic carbocycles. The van der Waals surface area contributed by atoms with Crippen LogP contribution in [-0.2, 0) is 14.3 Å². The lowest BCUT2D eigenvalue weighted by molar-refractivity contribution is -0.153. The zero-order valence-corrected chi connectivity index (χ0v) is 19.3. The van der Waals surface area contributed by atoms with Gasteiger partial charge in [-0.25, -0.2) is 4.98 Å². The molecule has 1 N–H and O–H groups in total. The number of methoxy groups -OCH3 is 1. The summed E-state index contributed by atoms with van der Waals surface area (Å²) in [6.07, 6.45) is 0.766. The van der Waals surface area contributed by atoms with E-state index in [1.54, 1.807) is 24.0 Å². The van der Waals surface area contributed by atoms with Gasteiger partial charge < -0.3 is 19.1 Å². The number of imidazole rings is 1. The van der Waals surface area contributed by atoms with E-state index < -0.39 is 17.9 Å². The van der Waals surface area contributed by atoms with E-state index in [1.807, 2.05) is 28.8 Å². The van der Waals surface area contributed by atoms with Crippen LogP contribution in [0.5, 0.6) is 11.5 Å². The SMILES string of the molecule is CCOC(=O)[C@H]1C(=O)N(CCC(C)C)c2nc3ccccc3n2[C@H]1c1ccc(O)c(OC)c1. The fourth-order valence-electron chi connectivity index (χ4n) is 4.33. The smallest absolute Gasteiger partial charge is 0.321 e. The number of ether oxygens (including phenoxy) is 2. The summed E-state index contributed by atoms with van der Waals surface area (Å²) in [6.45, 7) is 6.51. The van der Waals surface area contributed by atoms with Crippen molar-refractivity contribution in [3.05, 3.63) is 48.0 Å². The number of benzene rings is 2. The highest BCUT2D eigenvalue weighted by molar-refractivity contribution is 6.08. The van der Waals surface area contributed by atoms with E-state index in [0.717, 1.165) is 17.5 Å². The average molecular weight is 452 g/mol. The quantitative estimate of drug-likeness (QED) is 0.432. The second kappa shape index (κ2) is 9.13. The van der Waals surface area contributed by atoms with E-state index in [-0.39, 0.29) is 24.0 Å². The van der Waals surface area contributed by atoms with Crippen LogP contribution in [0.3, 0.4) is 0 Å². The van der Waals surface area contributed by atoms with Gasteiger partial charge in [0.2, 0.25) is 11.9 Å². The molecule has 2 aromatic carbocycles. The number of hydrogen-bond acceptors (Lipinski definition) is 6. The highest BCUT2D eigenvalue weighted by atomic mass is 16.5. The molecule has 0 fully saturated rings. The van der Waals surface area contributed by atoms with E-state index in [9.17, 15) is 14.7 Å². The summed E-state index contributed by atoms with van der Waals surface area (Å²) in [4.78, 5) is 33.4. The van der Waals surface area contributed by atoms with Crippen LogP contribution in [0.2, 0.25) is 0 Å². The zero-order valence-electron chi connectivity index (χ0n) is 19.3. The van der Waals surface area contributed by atoms with Gasteiger partial charge in [0, 0.05) is 6.54 Å². The summed E-state index contributed by atoms with van der Waals surface area (Å²) in [7, 11) is 1.46. The summed E-state index contributed by atoms with van der Waals surface area (Å²) >= 11 is 0. The van der Waals surface area contributed by atoms with E-state index in [4.69, 9.17) is 14.5 Å². The van der Waals surface area contributed by atoms with Crippen molar-refractivity contribution in [2.45, 2.75) is 33.2 Å². The molecule has 1 aromatic heterocycles. The standard InChI is InChI=1S/C25H29N3O5/c1-5-33-24(31)21-22(16-10-11-19(29)20(14-16)32-4)28-18-9-7-6-8-17(18)26-25(28)27(23(21)30)13-12-15(2)3/h6-11,14-15,21-22,29H,5,12-13H2,1-4H3/t21-,22+/m1/s1. The van der Waals surface area contributed by atoms with Gasteiger partial charge in [-0.2, -0.15) is 0 Å². The van der Waals surface area contributed by atoms with Crippen LogP contribution in [0.25, 0.3) is 11.0 Å². The Morgan fingerprint density at radius 2 is 1.97 bits per heavy atom. The predicted molar refractivity (Wildman–Crippen MR) is 124 cm³/mol. The maximum atomic E-state index is 13.8. The number of aromatic nitrogens is 2. The molecule has 1 aliphatic heterocycles. The van der Waals surface area contributed by atoms with Crippen molar-refractivity contribution in [1.29, 1.82) is 0 Å². The number of hydrogen-bond donors (Lipinski definition) is 1. The number of para-hydroxylation sites is 2. The first-order chi connectivity index (χ1) is 15.9. The van der Waals surface area contributed by atoms with E-state index in [0.29, 0.717) is 24.0 Å². The molecule has 2 heterocycles. The molecule has 0 saturated carbocycles. The fourth-order valence-corrected chi connectivity index (χ4v) is 4.33. The summed E-state index contributed by atoms with van der Waals surface area (Å²) < 4.78 is 12.6. The highest BCUT2D eigenvalue weighted by Gasteiger charge is 2.47. The number of anilines is 1. The molecule has 0 radical (unpaired) electrons. The zero-order chi connectivity index (χ0) is 23.7. The van der Waals surface area contributed by atoms with E-state index >= 15 is 0 Å². The number of esters is 1. The molecule has 0 bridgehead atoms. The molecule has 0 unspecified atom stereocenters. The minimum Gasteiger partial charge on any atom is -0.504 e. The summed E-state index contributed by atoms with van der Waals surface area (Å²) in [5.74, 6) is -0.917. The second-order valence-corrected chi connectivity index (χ2v) is 8.55. The van der Waals surface area contributed by atoms with Crippen LogP contribution in [0.1, 0.15) is 38.8 Å². The number of carbonyl (C=O) groups excluding carboxylic acids is 2. The first kappa shape index (κ1) is 22.6. The van der Waals surface area contributed by atoms with Gasteiger partial charge in [-0.15, -0.1) is 0 Å². The molecule has 1 amide bonds. The van der Waals surface area contributed by atoms with Crippen molar-refractivity contribution >= 4 is 28.9 Å². The molecule has 1 aliphatic rings. The highest BCUT2D eigenvalue weighted by Crippen LogP contribution is 2.43. The number of nitrogens with zero attached hydrogens (tertiary/aromatic N) is 3. The molecule has 2 atom stereocenters. The van der Waals surface area contributed by atoms with Crippen LogP contribution >= 0.6 is 0 Å². The van der Waals surface area contributed by atoms with Gasteiger partial charge >= 0.3 is 5.97 Å². The maximum Gasteiger partial charge on any atom is 0.321 e. The molecular weight excluding hydrogens is 422 g/mol. The summed E-state index contributed by atoms with van der Waals surface area (Å²) in [6, 6.07) is 11.8. The number of carbonyl (C=O) groups is 2. The van der Waals surface area contributed by atoms with Crippen molar-refractivity contribution < 1.29 is 24.2 Å². The second-order valence-electron chi connectivity index (χ2n) is 8.55. The number of rotatable bonds is 7. The lowest BCUT2D eigenvalue weighted by atomic mass is 9.89. The largest absolute Gasteiger partial charge is 0.504 e. The number of phenolic OH excluding ortho intramolecular Hbond substituents is 1. The van der Waals surface area contributed by atoms with Crippen LogP contribution in [0.4, 0.5) is 5.95 Å². The third kappa shape index (κ3) is 4.01. The third-order valence-electron chi connectivity index (χ3n) is 5.96. The van der Waals surface area contributed by atoms with Crippen LogP contribution in [-0.4, -0.2) is 46.8 Å². The first-order valence-electron chi connectivity index (χ1n) is 11.2. The molecule has 0 saturated heterocycles. The molecule has 0 spiro atoms. The van der Waals surface area contributed by atoms with Crippen molar-refractivity contribution in [3.63, 3.8) is 0 Å². The lowest BCUT2D eigenvalue weighted by Crippen LogP contribution is -2.50. The Balaban J connectivity index is 1.98. The number of amides is 1. The average Bonchev–Trinajstić information content (AvgIpc) is 3.17. The molecule has 8 heteroatoms. The molecular formula is C25H29N3O5. The third-order valence-corrected chi connectivity index (χ3v) is 5.96. The monoisotopic (exact) mass is 451 g/mol. The van der Waals surface area contributed by atoms with Gasteiger partial charge in [0.25, 0.3) is 0 Å². The van der Waals surface area contributed by atoms with Crippen molar-refractivity contribution in [2.24, 2.45) is 11.8 Å². The van der Waals surface area contributed by atoms with Crippen LogP contribution < -0.4 is 9.64 Å². The minimum atomic E-state index is -1.10. The molecule has 4 rings (SSSR count). The molecule has 33 heavy (non-hydrogen) atoms. The Kier molecular flexibility index (Phi) is 6.26. The van der Waals surface area contributed by atoms with Crippen molar-refractivity contribution in [1.82, 2.24) is 9.55 Å². The van der Waals surface area contributed by atoms with Gasteiger partial charge in [-0.05, 0) is 49.1 Å². The lowest BCUT2D eigenvalue weighted by Gasteiger charge is -2.38. The van der Waals surface area contributed by atoms with Crippen molar-refractivity contribution in [2.75, 3.05) is 25.2 Å². The Morgan fingerprint density at radius 3 is 2.67 bits per heavy atom. The summed E-state index contributed by atoms with van der Waals surface area (Å²) in [5, 5.41) is 10.1. The van der Waals surface area contributed by atoms with Gasteiger partial charge in [-0.3, -0.25) is 14.5 Å². The normalized spacial score (nSPS) is 18.0. The number of fused-ring (bicyclic) bond motifs is 3. The van der Waals surface area contributed by atoms with Crippen LogP contribution in [0, 0.1) is 11.8 Å². The first-order valence-corrected chi connectivity index (χ1v) is 11.2. The Bertz CT molecular complexity index is 1190. The van der Waals surface area contributed by atoms with Crippen LogP contribution in [0.15, 0.2) is 42.5 Å². The van der Waals surface area contributed by atoms with Gasteiger partial charge in [-0.1, -0.05) is 32.0 Å². The van der Waals surface area contributed by atoms with Gasteiger partial charge in [0.15, 0.2) is 17.4 Å². The topological polar surface area (TPSA) is 93.9 Å². The number of phenols is 1. The Hall–Kier alpha value is -3.55. The van der Waals surface area contributed by atoms with Gasteiger partial charge in [0.1, 0.15) is 0 Å². The Labute approximate surface area is 192 Å². The molecule has 174 valence electrons. The number of aromatic hydroxyl groups is 1. The fraction of sp³-hybridized carbons (Fsp3) is 0.400. The van der Waals surface area contributed by atoms with E-state index in [1.165, 1.54) is 13.2 Å².